The molecule has 0 saturated heterocycles. The molecule has 0 bridgehead atoms. The van der Waals surface area contributed by atoms with Gasteiger partial charge in [0.1, 0.15) is 0 Å². The van der Waals surface area contributed by atoms with Crippen LogP contribution in [0.2, 0.25) is 5.02 Å². The number of carbonyl (C=O) groups is 2. The molecule has 0 fully saturated rings. The summed E-state index contributed by atoms with van der Waals surface area (Å²) in [6.45, 7) is 5.17. The average molecular weight is 285 g/mol. The van der Waals surface area contributed by atoms with Crippen molar-refractivity contribution >= 4 is 23.5 Å². The predicted molar refractivity (Wildman–Crippen MR) is 72.1 cm³/mol. The molecule has 4 nitrogen and oxygen atoms in total. The molecule has 0 aliphatic carbocycles. The standard InChI is InChI=1S/C14H17ClO4/c1-4-18-12(16)14(3,13(17)19-5-2)10-8-6-7-9-11(10)15/h6-9H,4-5H2,1-3H3. The maximum atomic E-state index is 12.2. The minimum Gasteiger partial charge on any atom is -0.465 e. The highest BCUT2D eigenvalue weighted by molar-refractivity contribution is 6.32. The Morgan fingerprint density at radius 1 is 1.11 bits per heavy atom. The summed E-state index contributed by atoms with van der Waals surface area (Å²) in [5, 5.41) is 0.325. The highest BCUT2D eigenvalue weighted by atomic mass is 35.5. The Kier molecular flexibility index (Phi) is 5.36. The van der Waals surface area contributed by atoms with E-state index < -0.39 is 17.4 Å². The highest BCUT2D eigenvalue weighted by Gasteiger charge is 2.47. The number of hydrogen-bond donors (Lipinski definition) is 0. The van der Waals surface area contributed by atoms with Crippen LogP contribution in [-0.4, -0.2) is 25.2 Å². The van der Waals surface area contributed by atoms with Crippen molar-refractivity contribution in [3.8, 4) is 0 Å². The van der Waals surface area contributed by atoms with Gasteiger partial charge in [-0.3, -0.25) is 9.59 Å². The second-order valence-electron chi connectivity index (χ2n) is 4.05. The number of benzene rings is 1. The van der Waals surface area contributed by atoms with Gasteiger partial charge in [-0.15, -0.1) is 0 Å². The first-order valence-electron chi connectivity index (χ1n) is 6.07. The summed E-state index contributed by atoms with van der Waals surface area (Å²) >= 11 is 6.08. The maximum Gasteiger partial charge on any atom is 0.327 e. The molecule has 0 aliphatic rings. The minimum atomic E-state index is -1.55. The SMILES string of the molecule is CCOC(=O)C(C)(C(=O)OCC)c1ccccc1Cl. The fraction of sp³-hybridized carbons (Fsp3) is 0.429. The van der Waals surface area contributed by atoms with E-state index >= 15 is 0 Å². The largest absolute Gasteiger partial charge is 0.465 e. The Bertz CT molecular complexity index is 452. The van der Waals surface area contributed by atoms with Gasteiger partial charge in [-0.1, -0.05) is 29.8 Å². The fourth-order valence-corrected chi connectivity index (χ4v) is 2.05. The number of rotatable bonds is 5. The van der Waals surface area contributed by atoms with Crippen LogP contribution in [0.1, 0.15) is 26.3 Å². The normalized spacial score (nSPS) is 10.9. The molecule has 0 radical (unpaired) electrons. The van der Waals surface area contributed by atoms with Gasteiger partial charge in [-0.2, -0.15) is 0 Å². The zero-order valence-corrected chi connectivity index (χ0v) is 12.0. The zero-order chi connectivity index (χ0) is 14.5. The van der Waals surface area contributed by atoms with Gasteiger partial charge >= 0.3 is 11.9 Å². The molecule has 104 valence electrons. The third-order valence-corrected chi connectivity index (χ3v) is 3.11. The van der Waals surface area contributed by atoms with Gasteiger partial charge in [0.05, 0.1) is 13.2 Å². The van der Waals surface area contributed by atoms with E-state index in [0.29, 0.717) is 10.6 Å². The third kappa shape index (κ3) is 3.07. The van der Waals surface area contributed by atoms with Crippen molar-refractivity contribution in [1.82, 2.24) is 0 Å². The van der Waals surface area contributed by atoms with Crippen molar-refractivity contribution in [2.45, 2.75) is 26.2 Å². The summed E-state index contributed by atoms with van der Waals surface area (Å²) < 4.78 is 9.97. The van der Waals surface area contributed by atoms with Crippen LogP contribution in [0.15, 0.2) is 24.3 Å². The lowest BCUT2D eigenvalue weighted by atomic mass is 9.82. The molecular weight excluding hydrogens is 268 g/mol. The van der Waals surface area contributed by atoms with Crippen LogP contribution in [0, 0.1) is 0 Å². The molecule has 1 aromatic rings. The van der Waals surface area contributed by atoms with Crippen LogP contribution < -0.4 is 0 Å². The topological polar surface area (TPSA) is 52.6 Å². The molecule has 0 aliphatic heterocycles. The lowest BCUT2D eigenvalue weighted by Gasteiger charge is -2.26. The summed E-state index contributed by atoms with van der Waals surface area (Å²) in [6.07, 6.45) is 0. The highest BCUT2D eigenvalue weighted by Crippen LogP contribution is 2.32. The summed E-state index contributed by atoms with van der Waals surface area (Å²) in [5.74, 6) is -1.33. The molecule has 0 aromatic heterocycles. The van der Waals surface area contributed by atoms with Gasteiger partial charge in [-0.05, 0) is 32.4 Å². The fourth-order valence-electron chi connectivity index (χ4n) is 1.72. The van der Waals surface area contributed by atoms with Crippen LogP contribution in [-0.2, 0) is 24.5 Å². The molecule has 0 heterocycles. The number of esters is 2. The molecule has 0 unspecified atom stereocenters. The van der Waals surface area contributed by atoms with E-state index in [1.165, 1.54) is 6.92 Å². The smallest absolute Gasteiger partial charge is 0.327 e. The first-order valence-corrected chi connectivity index (χ1v) is 6.45. The Morgan fingerprint density at radius 2 is 1.58 bits per heavy atom. The molecule has 1 aromatic carbocycles. The number of carbonyl (C=O) groups excluding carboxylic acids is 2. The molecule has 0 spiro atoms. The van der Waals surface area contributed by atoms with Gasteiger partial charge < -0.3 is 9.47 Å². The first-order chi connectivity index (χ1) is 8.98. The number of halogens is 1. The lowest BCUT2D eigenvalue weighted by Crippen LogP contribution is -2.43. The zero-order valence-electron chi connectivity index (χ0n) is 11.2. The Balaban J connectivity index is 3.30. The van der Waals surface area contributed by atoms with E-state index in [1.54, 1.807) is 38.1 Å². The van der Waals surface area contributed by atoms with E-state index in [2.05, 4.69) is 0 Å². The van der Waals surface area contributed by atoms with E-state index in [9.17, 15) is 9.59 Å². The summed E-state index contributed by atoms with van der Waals surface area (Å²) in [6, 6.07) is 6.67. The van der Waals surface area contributed by atoms with E-state index in [1.807, 2.05) is 0 Å². The molecule has 0 N–H and O–H groups in total. The molecule has 0 saturated carbocycles. The van der Waals surface area contributed by atoms with Crippen molar-refractivity contribution in [3.05, 3.63) is 34.9 Å². The van der Waals surface area contributed by atoms with Crippen LogP contribution in [0.4, 0.5) is 0 Å². The molecule has 0 amide bonds. The average Bonchev–Trinajstić information content (AvgIpc) is 2.39. The quantitative estimate of drug-likeness (QED) is 0.616. The summed E-state index contributed by atoms with van der Waals surface area (Å²) in [5.41, 5.74) is -1.17. The monoisotopic (exact) mass is 284 g/mol. The Labute approximate surface area is 117 Å². The molecular formula is C14H17ClO4. The van der Waals surface area contributed by atoms with E-state index in [-0.39, 0.29) is 13.2 Å². The maximum absolute atomic E-state index is 12.2. The van der Waals surface area contributed by atoms with E-state index in [0.717, 1.165) is 0 Å². The van der Waals surface area contributed by atoms with Crippen LogP contribution >= 0.6 is 11.6 Å². The minimum absolute atomic E-state index is 0.179. The third-order valence-electron chi connectivity index (χ3n) is 2.78. The van der Waals surface area contributed by atoms with Crippen LogP contribution in [0.3, 0.4) is 0 Å². The predicted octanol–water partition coefficient (Wildman–Crippen LogP) is 2.72. The number of ether oxygens (including phenoxy) is 2. The van der Waals surface area contributed by atoms with Crippen molar-refractivity contribution in [2.24, 2.45) is 0 Å². The number of hydrogen-bond acceptors (Lipinski definition) is 4. The molecule has 1 rings (SSSR count). The molecule has 0 atom stereocenters. The Hall–Kier alpha value is -1.55. The van der Waals surface area contributed by atoms with Crippen molar-refractivity contribution in [1.29, 1.82) is 0 Å². The first kappa shape index (κ1) is 15.5. The summed E-state index contributed by atoms with van der Waals surface area (Å²) in [4.78, 5) is 24.3. The van der Waals surface area contributed by atoms with Crippen LogP contribution in [0.5, 0.6) is 0 Å². The van der Waals surface area contributed by atoms with Gasteiger partial charge in [-0.25, -0.2) is 0 Å². The van der Waals surface area contributed by atoms with Crippen LogP contribution in [0.25, 0.3) is 0 Å². The summed E-state index contributed by atoms with van der Waals surface area (Å²) in [7, 11) is 0. The van der Waals surface area contributed by atoms with Gasteiger partial charge in [0.15, 0.2) is 5.41 Å². The van der Waals surface area contributed by atoms with Crippen molar-refractivity contribution < 1.29 is 19.1 Å². The Morgan fingerprint density at radius 3 is 2.00 bits per heavy atom. The van der Waals surface area contributed by atoms with Gasteiger partial charge in [0, 0.05) is 5.02 Å². The molecule has 19 heavy (non-hydrogen) atoms. The van der Waals surface area contributed by atoms with Crippen molar-refractivity contribution in [2.75, 3.05) is 13.2 Å². The second kappa shape index (κ2) is 6.57. The van der Waals surface area contributed by atoms with E-state index in [4.69, 9.17) is 21.1 Å². The van der Waals surface area contributed by atoms with Gasteiger partial charge in [0.25, 0.3) is 0 Å². The second-order valence-corrected chi connectivity index (χ2v) is 4.45. The van der Waals surface area contributed by atoms with Crippen molar-refractivity contribution in [3.63, 3.8) is 0 Å². The molecule has 5 heteroatoms. The lowest BCUT2D eigenvalue weighted by molar-refractivity contribution is -0.163. The van der Waals surface area contributed by atoms with Gasteiger partial charge in [0.2, 0.25) is 0 Å².